The second-order valence-electron chi connectivity index (χ2n) is 4.62. The zero-order valence-corrected chi connectivity index (χ0v) is 10.9. The Morgan fingerprint density at radius 3 is 2.14 bits per heavy atom. The fourth-order valence-electron chi connectivity index (χ4n) is 2.78. The second-order valence-corrected chi connectivity index (χ2v) is 5.12. The Bertz CT molecular complexity index is 163. The van der Waals surface area contributed by atoms with Crippen LogP contribution < -0.4 is 0 Å². The highest BCUT2D eigenvalue weighted by Crippen LogP contribution is 2.27. The third-order valence-electron chi connectivity index (χ3n) is 3.68. The first kappa shape index (κ1) is 11.1. The van der Waals surface area contributed by atoms with Crippen LogP contribution in [0.15, 0.2) is 0 Å². The molecule has 0 spiro atoms. The Kier molecular flexibility index (Phi) is 4.50. The molecule has 3 heteroatoms. The molecular formula is C11H20INO. The molecule has 14 heavy (non-hydrogen) atoms. The summed E-state index contributed by atoms with van der Waals surface area (Å²) in [5.41, 5.74) is 0. The summed E-state index contributed by atoms with van der Waals surface area (Å²) in [6.07, 6.45) is 10.1. The summed E-state index contributed by atoms with van der Waals surface area (Å²) < 4.78 is 5.38. The average Bonchev–Trinajstić information content (AvgIpc) is 2.30. The first-order valence-corrected chi connectivity index (χ1v) is 6.79. The molecular weight excluding hydrogens is 289 g/mol. The summed E-state index contributed by atoms with van der Waals surface area (Å²) in [6, 6.07) is 0.873. The van der Waals surface area contributed by atoms with E-state index in [1.54, 1.807) is 0 Å². The van der Waals surface area contributed by atoms with Crippen molar-refractivity contribution < 1.29 is 3.07 Å². The lowest BCUT2D eigenvalue weighted by Crippen LogP contribution is -2.42. The van der Waals surface area contributed by atoms with E-state index in [9.17, 15) is 0 Å². The molecule has 0 unspecified atom stereocenters. The van der Waals surface area contributed by atoms with Crippen LogP contribution in [-0.2, 0) is 3.07 Å². The van der Waals surface area contributed by atoms with Gasteiger partial charge in [0.25, 0.3) is 0 Å². The van der Waals surface area contributed by atoms with Crippen LogP contribution >= 0.6 is 23.0 Å². The molecule has 1 aliphatic carbocycles. The van der Waals surface area contributed by atoms with Crippen LogP contribution in [0.1, 0.15) is 44.9 Å². The molecule has 2 rings (SSSR count). The van der Waals surface area contributed by atoms with Crippen molar-refractivity contribution in [2.24, 2.45) is 0 Å². The van der Waals surface area contributed by atoms with Gasteiger partial charge in [0.2, 0.25) is 0 Å². The van der Waals surface area contributed by atoms with Crippen molar-refractivity contribution in [3.63, 3.8) is 0 Å². The molecule has 0 radical (unpaired) electrons. The Morgan fingerprint density at radius 2 is 1.57 bits per heavy atom. The fraction of sp³-hybridized carbons (Fsp3) is 1.00. The number of piperidine rings is 1. The van der Waals surface area contributed by atoms with Crippen LogP contribution in [-0.4, -0.2) is 30.1 Å². The molecule has 0 aromatic rings. The van der Waals surface area contributed by atoms with Gasteiger partial charge in [0, 0.05) is 6.04 Å². The molecule has 1 aliphatic heterocycles. The fourth-order valence-corrected chi connectivity index (χ4v) is 3.29. The minimum absolute atomic E-state index is 0.539. The Balaban J connectivity index is 1.76. The molecule has 1 saturated carbocycles. The van der Waals surface area contributed by atoms with Gasteiger partial charge in [-0.25, -0.2) is 0 Å². The lowest BCUT2D eigenvalue weighted by atomic mass is 9.91. The minimum atomic E-state index is 0.539. The highest BCUT2D eigenvalue weighted by molar-refractivity contribution is 14.1. The van der Waals surface area contributed by atoms with Gasteiger partial charge in [-0.2, -0.15) is 0 Å². The van der Waals surface area contributed by atoms with Gasteiger partial charge < -0.3 is 7.97 Å². The average molecular weight is 309 g/mol. The molecule has 1 saturated heterocycles. The molecule has 2 fully saturated rings. The van der Waals surface area contributed by atoms with Gasteiger partial charge in [-0.3, -0.25) is 0 Å². The van der Waals surface area contributed by atoms with Crippen LogP contribution in [0.3, 0.4) is 0 Å². The first-order chi connectivity index (χ1) is 6.90. The summed E-state index contributed by atoms with van der Waals surface area (Å²) in [4.78, 5) is 2.72. The minimum Gasteiger partial charge on any atom is -0.312 e. The Labute approximate surface area is 101 Å². The van der Waals surface area contributed by atoms with E-state index in [0.717, 1.165) is 6.04 Å². The van der Waals surface area contributed by atoms with E-state index >= 15 is 0 Å². The highest BCUT2D eigenvalue weighted by Gasteiger charge is 2.26. The van der Waals surface area contributed by atoms with E-state index in [4.69, 9.17) is 3.07 Å². The first-order valence-electron chi connectivity index (χ1n) is 5.91. The van der Waals surface area contributed by atoms with Crippen molar-refractivity contribution in [2.75, 3.05) is 13.1 Å². The largest absolute Gasteiger partial charge is 0.312 e. The van der Waals surface area contributed by atoms with Crippen molar-refractivity contribution in [3.05, 3.63) is 0 Å². The van der Waals surface area contributed by atoms with Gasteiger partial charge in [0.05, 0.1) is 6.10 Å². The summed E-state index contributed by atoms with van der Waals surface area (Å²) in [7, 11) is 0. The molecule has 1 heterocycles. The normalized spacial score (nSPS) is 35.8. The standard InChI is InChI=1S/C11H20INO/c12-14-11-6-4-10(5-7-11)13-8-2-1-3-9-13/h10-11H,1-9H2. The highest BCUT2D eigenvalue weighted by atomic mass is 127. The molecule has 0 N–H and O–H groups in total. The van der Waals surface area contributed by atoms with E-state index in [0.29, 0.717) is 6.10 Å². The van der Waals surface area contributed by atoms with E-state index in [1.807, 2.05) is 0 Å². The van der Waals surface area contributed by atoms with Gasteiger partial charge in [-0.1, -0.05) is 6.42 Å². The monoisotopic (exact) mass is 309 g/mol. The Hall–Kier alpha value is 0.650. The maximum absolute atomic E-state index is 5.38. The van der Waals surface area contributed by atoms with Crippen molar-refractivity contribution in [1.82, 2.24) is 4.90 Å². The summed E-state index contributed by atoms with van der Waals surface area (Å²) in [5.74, 6) is 0. The van der Waals surface area contributed by atoms with Crippen LogP contribution in [0.25, 0.3) is 0 Å². The Morgan fingerprint density at radius 1 is 0.929 bits per heavy atom. The molecule has 2 aliphatic rings. The van der Waals surface area contributed by atoms with Crippen LogP contribution in [0, 0.1) is 0 Å². The number of likely N-dealkylation sites (tertiary alicyclic amines) is 1. The number of hydrogen-bond donors (Lipinski definition) is 0. The van der Waals surface area contributed by atoms with E-state index in [2.05, 4.69) is 27.9 Å². The SMILES string of the molecule is IOC1CCC(N2CCCCC2)CC1. The molecule has 2 nitrogen and oxygen atoms in total. The molecule has 0 amide bonds. The predicted octanol–water partition coefficient (Wildman–Crippen LogP) is 3.15. The van der Waals surface area contributed by atoms with E-state index < -0.39 is 0 Å². The van der Waals surface area contributed by atoms with E-state index in [-0.39, 0.29) is 0 Å². The number of hydrogen-bond acceptors (Lipinski definition) is 2. The number of nitrogens with zero attached hydrogens (tertiary/aromatic N) is 1. The lowest BCUT2D eigenvalue weighted by Gasteiger charge is -2.38. The van der Waals surface area contributed by atoms with Crippen molar-refractivity contribution in [3.8, 4) is 0 Å². The van der Waals surface area contributed by atoms with Crippen LogP contribution in [0.2, 0.25) is 0 Å². The number of rotatable bonds is 2. The summed E-state index contributed by atoms with van der Waals surface area (Å²) in [5, 5.41) is 0. The molecule has 0 atom stereocenters. The summed E-state index contributed by atoms with van der Waals surface area (Å²) >= 11 is 2.05. The maximum atomic E-state index is 5.38. The van der Waals surface area contributed by atoms with Crippen LogP contribution in [0.5, 0.6) is 0 Å². The maximum Gasteiger partial charge on any atom is 0.110 e. The topological polar surface area (TPSA) is 12.5 Å². The van der Waals surface area contributed by atoms with Gasteiger partial charge in [-0.15, -0.1) is 0 Å². The molecule has 0 bridgehead atoms. The zero-order chi connectivity index (χ0) is 9.80. The van der Waals surface area contributed by atoms with E-state index in [1.165, 1.54) is 58.0 Å². The van der Waals surface area contributed by atoms with Crippen molar-refractivity contribution >= 4 is 23.0 Å². The van der Waals surface area contributed by atoms with Crippen LogP contribution in [0.4, 0.5) is 0 Å². The third-order valence-corrected chi connectivity index (χ3v) is 4.40. The third kappa shape index (κ3) is 2.83. The molecule has 82 valence electrons. The second kappa shape index (κ2) is 5.66. The van der Waals surface area contributed by atoms with Gasteiger partial charge in [0.1, 0.15) is 23.0 Å². The van der Waals surface area contributed by atoms with Gasteiger partial charge >= 0.3 is 0 Å². The molecule has 0 aromatic carbocycles. The zero-order valence-electron chi connectivity index (χ0n) is 8.75. The van der Waals surface area contributed by atoms with Gasteiger partial charge in [0.15, 0.2) is 0 Å². The predicted molar refractivity (Wildman–Crippen MR) is 66.6 cm³/mol. The molecule has 0 aromatic heterocycles. The quantitative estimate of drug-likeness (QED) is 0.727. The summed E-state index contributed by atoms with van der Waals surface area (Å²) in [6.45, 7) is 2.70. The van der Waals surface area contributed by atoms with Crippen molar-refractivity contribution in [2.45, 2.75) is 57.1 Å². The smallest absolute Gasteiger partial charge is 0.110 e. The lowest BCUT2D eigenvalue weighted by molar-refractivity contribution is 0.0947. The number of halogens is 1. The van der Waals surface area contributed by atoms with Gasteiger partial charge in [-0.05, 0) is 51.6 Å². The van der Waals surface area contributed by atoms with Crippen molar-refractivity contribution in [1.29, 1.82) is 0 Å².